The largest absolute Gasteiger partial charge is 0.391 e. The summed E-state index contributed by atoms with van der Waals surface area (Å²) in [5.74, 6) is 0. The molecule has 0 bridgehead atoms. The zero-order valence-corrected chi connectivity index (χ0v) is 18.1. The Kier molecular flexibility index (Phi) is 8.35. The molecule has 2 rings (SSSR count). The fourth-order valence-electron chi connectivity index (χ4n) is 2.45. The van der Waals surface area contributed by atoms with Crippen LogP contribution in [0.4, 0.5) is 0 Å². The number of aliphatic hydroxyl groups is 1. The first kappa shape index (κ1) is 23.5. The zero-order chi connectivity index (χ0) is 21.5. The van der Waals surface area contributed by atoms with Gasteiger partial charge >= 0.3 is 0 Å². The molecule has 29 heavy (non-hydrogen) atoms. The van der Waals surface area contributed by atoms with Crippen molar-refractivity contribution in [2.45, 2.75) is 49.0 Å². The Morgan fingerprint density at radius 1 is 0.759 bits per heavy atom. The van der Waals surface area contributed by atoms with E-state index in [1.165, 1.54) is 24.3 Å². The zero-order valence-electron chi connectivity index (χ0n) is 16.4. The van der Waals surface area contributed by atoms with Crippen molar-refractivity contribution in [3.8, 4) is 0 Å². The summed E-state index contributed by atoms with van der Waals surface area (Å²) >= 11 is 0. The number of rotatable bonds is 11. The van der Waals surface area contributed by atoms with Crippen molar-refractivity contribution >= 4 is 20.2 Å². The van der Waals surface area contributed by atoms with Crippen LogP contribution in [-0.4, -0.2) is 41.3 Å². The summed E-state index contributed by atoms with van der Waals surface area (Å²) in [4.78, 5) is 0.128. The second kappa shape index (κ2) is 10.3. The Bertz CT molecular complexity index is 980. The van der Waals surface area contributed by atoms with Crippen LogP contribution in [0.3, 0.4) is 0 Å². The Morgan fingerprint density at radius 3 is 1.69 bits per heavy atom. The second-order valence-corrected chi connectivity index (χ2v) is 10.0. The van der Waals surface area contributed by atoms with Gasteiger partial charge < -0.3 is 5.11 Å². The monoisotopic (exact) mass is 442 g/mol. The van der Waals surface area contributed by atoms with Crippen LogP contribution >= 0.6 is 0 Å². The second-order valence-electron chi connectivity index (χ2n) is 6.79. The molecule has 9 heteroatoms. The molecule has 2 aromatic carbocycles. The Balaban J connectivity index is 1.70. The van der Waals surface area contributed by atoms with E-state index in [2.05, 4.69) is 0 Å². The van der Waals surface area contributed by atoms with E-state index in [4.69, 9.17) is 8.37 Å². The third-order valence-electron chi connectivity index (χ3n) is 4.21. The molecule has 0 saturated carbocycles. The summed E-state index contributed by atoms with van der Waals surface area (Å²) < 4.78 is 58.1. The first-order valence-corrected chi connectivity index (χ1v) is 12.0. The molecular formula is C20H26O7S2. The van der Waals surface area contributed by atoms with E-state index in [0.29, 0.717) is 12.8 Å². The minimum absolute atomic E-state index is 0.0224. The molecular weight excluding hydrogens is 416 g/mol. The summed E-state index contributed by atoms with van der Waals surface area (Å²) in [6.45, 7) is 3.32. The summed E-state index contributed by atoms with van der Waals surface area (Å²) in [6, 6.07) is 12.6. The summed E-state index contributed by atoms with van der Waals surface area (Å²) in [5.41, 5.74) is 1.88. The molecule has 160 valence electrons. The van der Waals surface area contributed by atoms with Crippen LogP contribution in [0.2, 0.25) is 0 Å². The van der Waals surface area contributed by atoms with Gasteiger partial charge in [-0.05, 0) is 57.4 Å². The van der Waals surface area contributed by atoms with Crippen molar-refractivity contribution in [3.05, 3.63) is 59.7 Å². The van der Waals surface area contributed by atoms with E-state index < -0.39 is 26.3 Å². The quantitative estimate of drug-likeness (QED) is 0.421. The van der Waals surface area contributed by atoms with Crippen LogP contribution in [-0.2, 0) is 28.6 Å². The highest BCUT2D eigenvalue weighted by atomic mass is 32.2. The van der Waals surface area contributed by atoms with Crippen LogP contribution < -0.4 is 0 Å². The lowest BCUT2D eigenvalue weighted by Crippen LogP contribution is -2.19. The number of unbranched alkanes of at least 4 members (excludes halogenated alkanes) is 1. The lowest BCUT2D eigenvalue weighted by molar-refractivity contribution is 0.0993. The van der Waals surface area contributed by atoms with Gasteiger partial charge in [0.2, 0.25) is 0 Å². The minimum atomic E-state index is -3.92. The van der Waals surface area contributed by atoms with Crippen LogP contribution in [0.15, 0.2) is 58.3 Å². The maximum atomic E-state index is 12.1. The molecule has 0 heterocycles. The molecule has 0 aromatic heterocycles. The van der Waals surface area contributed by atoms with Crippen molar-refractivity contribution in [1.82, 2.24) is 0 Å². The van der Waals surface area contributed by atoms with Gasteiger partial charge in [-0.25, -0.2) is 0 Å². The molecule has 1 atom stereocenters. The van der Waals surface area contributed by atoms with Gasteiger partial charge in [-0.15, -0.1) is 0 Å². The molecule has 7 nitrogen and oxygen atoms in total. The van der Waals surface area contributed by atoms with E-state index in [0.717, 1.165) is 11.1 Å². The summed E-state index contributed by atoms with van der Waals surface area (Å²) in [7, 11) is -7.73. The highest BCUT2D eigenvalue weighted by Gasteiger charge is 2.18. The molecule has 1 unspecified atom stereocenters. The molecule has 0 amide bonds. The third-order valence-corrected chi connectivity index (χ3v) is 6.83. The van der Waals surface area contributed by atoms with Gasteiger partial charge in [0.05, 0.1) is 29.1 Å². The SMILES string of the molecule is Cc1ccc(S(=O)(=O)OCCCCC(O)COS(=O)(=O)c2ccc(C)cc2)cc1. The Morgan fingerprint density at radius 2 is 1.21 bits per heavy atom. The van der Waals surface area contributed by atoms with Crippen molar-refractivity contribution in [1.29, 1.82) is 0 Å². The molecule has 1 N–H and O–H groups in total. The fourth-order valence-corrected chi connectivity index (χ4v) is 4.33. The predicted molar refractivity (Wildman–Crippen MR) is 108 cm³/mol. The highest BCUT2D eigenvalue weighted by Crippen LogP contribution is 2.16. The van der Waals surface area contributed by atoms with Crippen LogP contribution in [0.5, 0.6) is 0 Å². The van der Waals surface area contributed by atoms with Crippen LogP contribution in [0.1, 0.15) is 30.4 Å². The average Bonchev–Trinajstić information content (AvgIpc) is 2.67. The Labute approximate surface area is 172 Å². The van der Waals surface area contributed by atoms with Crippen molar-refractivity contribution in [2.24, 2.45) is 0 Å². The van der Waals surface area contributed by atoms with Crippen LogP contribution in [0.25, 0.3) is 0 Å². The number of hydrogen-bond acceptors (Lipinski definition) is 7. The lowest BCUT2D eigenvalue weighted by atomic mass is 10.2. The maximum absolute atomic E-state index is 12.1. The van der Waals surface area contributed by atoms with Gasteiger partial charge in [0.15, 0.2) is 0 Å². The summed E-state index contributed by atoms with van der Waals surface area (Å²) in [5, 5.41) is 9.92. The van der Waals surface area contributed by atoms with Gasteiger partial charge in [-0.3, -0.25) is 8.37 Å². The van der Waals surface area contributed by atoms with Gasteiger partial charge in [0.25, 0.3) is 20.2 Å². The van der Waals surface area contributed by atoms with E-state index in [9.17, 15) is 21.9 Å². The highest BCUT2D eigenvalue weighted by molar-refractivity contribution is 7.87. The van der Waals surface area contributed by atoms with Gasteiger partial charge in [-0.2, -0.15) is 16.8 Å². The molecule has 0 aliphatic rings. The predicted octanol–water partition coefficient (Wildman–Crippen LogP) is 2.95. The molecule has 0 saturated heterocycles. The minimum Gasteiger partial charge on any atom is -0.391 e. The van der Waals surface area contributed by atoms with Crippen molar-refractivity contribution in [3.63, 3.8) is 0 Å². The lowest BCUT2D eigenvalue weighted by Gasteiger charge is -2.12. The molecule has 0 aliphatic heterocycles. The average molecular weight is 443 g/mol. The van der Waals surface area contributed by atoms with E-state index in [-0.39, 0.29) is 29.4 Å². The van der Waals surface area contributed by atoms with E-state index in [1.807, 2.05) is 13.8 Å². The van der Waals surface area contributed by atoms with Crippen molar-refractivity contribution < 1.29 is 30.3 Å². The first-order chi connectivity index (χ1) is 13.6. The normalized spacial score (nSPS) is 13.3. The topological polar surface area (TPSA) is 107 Å². The van der Waals surface area contributed by atoms with Crippen molar-refractivity contribution in [2.75, 3.05) is 13.2 Å². The standard InChI is InChI=1S/C20H26O7S2/c1-16-6-10-19(11-7-16)28(22,23)26-14-4-3-5-18(21)15-27-29(24,25)20-12-8-17(2)9-13-20/h6-13,18,21H,3-5,14-15H2,1-2H3. The number of aliphatic hydroxyl groups excluding tert-OH is 1. The fraction of sp³-hybridized carbons (Fsp3) is 0.400. The van der Waals surface area contributed by atoms with E-state index in [1.54, 1.807) is 24.3 Å². The van der Waals surface area contributed by atoms with Gasteiger partial charge in [-0.1, -0.05) is 35.4 Å². The smallest absolute Gasteiger partial charge is 0.297 e. The Hall–Kier alpha value is -1.78. The molecule has 0 radical (unpaired) electrons. The summed E-state index contributed by atoms with van der Waals surface area (Å²) in [6.07, 6.45) is 0.131. The number of aryl methyl sites for hydroxylation is 2. The van der Waals surface area contributed by atoms with E-state index >= 15 is 0 Å². The molecule has 0 aliphatic carbocycles. The molecule has 2 aromatic rings. The van der Waals surface area contributed by atoms with Gasteiger partial charge in [0.1, 0.15) is 0 Å². The number of hydrogen-bond donors (Lipinski definition) is 1. The first-order valence-electron chi connectivity index (χ1n) is 9.20. The van der Waals surface area contributed by atoms with Gasteiger partial charge in [0, 0.05) is 0 Å². The van der Waals surface area contributed by atoms with Crippen LogP contribution in [0, 0.1) is 13.8 Å². The third kappa shape index (κ3) is 7.52. The molecule has 0 fully saturated rings. The number of benzene rings is 2. The molecule has 0 spiro atoms. The maximum Gasteiger partial charge on any atom is 0.297 e.